The summed E-state index contributed by atoms with van der Waals surface area (Å²) in [7, 11) is 0. The van der Waals surface area contributed by atoms with E-state index in [0.29, 0.717) is 12.3 Å². The summed E-state index contributed by atoms with van der Waals surface area (Å²) in [5.74, 6) is 0.318. The summed E-state index contributed by atoms with van der Waals surface area (Å²) in [4.78, 5) is 25.1. The molecule has 0 bridgehead atoms. The topological polar surface area (TPSA) is 71.3 Å². The number of hydrogen-bond donors (Lipinski definition) is 2. The second-order valence-electron chi connectivity index (χ2n) is 6.18. The van der Waals surface area contributed by atoms with Gasteiger partial charge >= 0.3 is 4.87 Å². The summed E-state index contributed by atoms with van der Waals surface area (Å²) < 4.78 is 1.53. The summed E-state index contributed by atoms with van der Waals surface area (Å²) in [6.45, 7) is 3.92. The van der Waals surface area contributed by atoms with Crippen molar-refractivity contribution in [1.29, 1.82) is 0 Å². The molecule has 0 radical (unpaired) electrons. The van der Waals surface area contributed by atoms with Gasteiger partial charge in [-0.2, -0.15) is 0 Å². The van der Waals surface area contributed by atoms with E-state index in [9.17, 15) is 14.7 Å². The molecule has 0 aliphatic heterocycles. The van der Waals surface area contributed by atoms with Crippen molar-refractivity contribution in [3.63, 3.8) is 0 Å². The molecule has 1 saturated carbocycles. The van der Waals surface area contributed by atoms with Gasteiger partial charge in [-0.15, -0.1) is 0 Å². The van der Waals surface area contributed by atoms with Crippen LogP contribution in [0.5, 0.6) is 0 Å². The van der Waals surface area contributed by atoms with Gasteiger partial charge in [-0.3, -0.25) is 14.2 Å². The van der Waals surface area contributed by atoms with Crippen LogP contribution >= 0.6 is 11.3 Å². The lowest BCUT2D eigenvalue weighted by Crippen LogP contribution is -2.43. The molecule has 1 aromatic rings. The third kappa shape index (κ3) is 4.20. The first-order valence-electron chi connectivity index (χ1n) is 8.10. The molecule has 1 aliphatic rings. The Hall–Kier alpha value is -1.14. The maximum atomic E-state index is 12.3. The summed E-state index contributed by atoms with van der Waals surface area (Å²) in [6, 6.07) is 0.0218. The zero-order valence-corrected chi connectivity index (χ0v) is 14.2. The minimum atomic E-state index is -0.132. The standard InChI is InChI=1S/C16H26N2O3S/c1-11-12(2)22-16(21)18(11)10-15(20)17-14(8-9-19)13-6-4-3-5-7-13/h13-14,19H,3-10H2,1-2H3,(H,17,20). The molecule has 1 aromatic heterocycles. The fourth-order valence-electron chi connectivity index (χ4n) is 3.27. The van der Waals surface area contributed by atoms with E-state index >= 15 is 0 Å². The monoisotopic (exact) mass is 326 g/mol. The van der Waals surface area contributed by atoms with Crippen molar-refractivity contribution in [2.45, 2.75) is 65.0 Å². The fraction of sp³-hybridized carbons (Fsp3) is 0.750. The smallest absolute Gasteiger partial charge is 0.308 e. The van der Waals surface area contributed by atoms with Crippen LogP contribution in [0.25, 0.3) is 0 Å². The molecular weight excluding hydrogens is 300 g/mol. The highest BCUT2D eigenvalue weighted by atomic mass is 32.1. The predicted octanol–water partition coefficient (Wildman–Crippen LogP) is 1.97. The van der Waals surface area contributed by atoms with E-state index in [0.717, 1.165) is 23.4 Å². The SMILES string of the molecule is Cc1sc(=O)n(CC(=O)NC(CCO)C2CCCCC2)c1C. The quantitative estimate of drug-likeness (QED) is 0.839. The average Bonchev–Trinajstić information content (AvgIpc) is 2.74. The van der Waals surface area contributed by atoms with Gasteiger partial charge in [-0.1, -0.05) is 30.6 Å². The number of carbonyl (C=O) groups excluding carboxylic acids is 1. The Morgan fingerprint density at radius 2 is 2.05 bits per heavy atom. The van der Waals surface area contributed by atoms with Gasteiger partial charge in [0.25, 0.3) is 0 Å². The maximum Gasteiger partial charge on any atom is 0.308 e. The lowest BCUT2D eigenvalue weighted by molar-refractivity contribution is -0.123. The molecule has 1 heterocycles. The normalized spacial score (nSPS) is 17.4. The van der Waals surface area contributed by atoms with Gasteiger partial charge in [-0.25, -0.2) is 0 Å². The highest BCUT2D eigenvalue weighted by Crippen LogP contribution is 2.27. The van der Waals surface area contributed by atoms with Crippen LogP contribution in [0.1, 0.15) is 49.1 Å². The van der Waals surface area contributed by atoms with E-state index in [-0.39, 0.29) is 30.0 Å². The van der Waals surface area contributed by atoms with Gasteiger partial charge < -0.3 is 10.4 Å². The van der Waals surface area contributed by atoms with Crippen LogP contribution < -0.4 is 10.2 Å². The van der Waals surface area contributed by atoms with Crippen LogP contribution in [0.15, 0.2) is 4.79 Å². The van der Waals surface area contributed by atoms with E-state index < -0.39 is 0 Å². The van der Waals surface area contributed by atoms with Gasteiger partial charge in [0.15, 0.2) is 0 Å². The van der Waals surface area contributed by atoms with E-state index in [1.807, 2.05) is 13.8 Å². The Balaban J connectivity index is 1.99. The Labute approximate surface area is 135 Å². The third-order valence-corrected chi connectivity index (χ3v) is 5.68. The molecule has 2 N–H and O–H groups in total. The lowest BCUT2D eigenvalue weighted by Gasteiger charge is -2.30. The first-order valence-corrected chi connectivity index (χ1v) is 8.91. The highest BCUT2D eigenvalue weighted by molar-refractivity contribution is 7.09. The summed E-state index contributed by atoms with van der Waals surface area (Å²) in [5, 5.41) is 12.3. The van der Waals surface area contributed by atoms with Gasteiger partial charge in [0.05, 0.1) is 0 Å². The van der Waals surface area contributed by atoms with Crippen LogP contribution in [0, 0.1) is 19.8 Å². The second-order valence-corrected chi connectivity index (χ2v) is 7.35. The lowest BCUT2D eigenvalue weighted by atomic mass is 9.82. The van der Waals surface area contributed by atoms with Gasteiger partial charge in [-0.05, 0) is 39.0 Å². The number of aliphatic hydroxyl groups is 1. The average molecular weight is 326 g/mol. The number of carbonyl (C=O) groups is 1. The van der Waals surface area contributed by atoms with Crippen molar-refractivity contribution in [2.24, 2.45) is 5.92 Å². The van der Waals surface area contributed by atoms with Crippen LogP contribution in [0.4, 0.5) is 0 Å². The third-order valence-electron chi connectivity index (χ3n) is 4.68. The summed E-state index contributed by atoms with van der Waals surface area (Å²) >= 11 is 1.18. The number of rotatable bonds is 6. The Bertz CT molecular complexity index is 558. The Morgan fingerprint density at radius 3 is 2.59 bits per heavy atom. The first kappa shape index (κ1) is 17.2. The summed E-state index contributed by atoms with van der Waals surface area (Å²) in [5.41, 5.74) is 0.863. The van der Waals surface area contributed by atoms with Gasteiger partial charge in [0, 0.05) is 23.2 Å². The van der Waals surface area contributed by atoms with E-state index in [1.54, 1.807) is 0 Å². The van der Waals surface area contributed by atoms with Crippen molar-refractivity contribution >= 4 is 17.2 Å². The van der Waals surface area contributed by atoms with Crippen LogP contribution in [0.2, 0.25) is 0 Å². The molecule has 22 heavy (non-hydrogen) atoms. The number of aliphatic hydroxyl groups excluding tert-OH is 1. The molecule has 1 aliphatic carbocycles. The van der Waals surface area contributed by atoms with E-state index in [2.05, 4.69) is 5.32 Å². The minimum absolute atomic E-state index is 0.0218. The largest absolute Gasteiger partial charge is 0.396 e. The molecule has 124 valence electrons. The summed E-state index contributed by atoms with van der Waals surface area (Å²) in [6.07, 6.45) is 6.48. The number of amides is 1. The Morgan fingerprint density at radius 1 is 1.36 bits per heavy atom. The molecule has 1 amide bonds. The molecule has 1 atom stereocenters. The predicted molar refractivity (Wildman–Crippen MR) is 88.3 cm³/mol. The molecule has 6 heteroatoms. The van der Waals surface area contributed by atoms with Gasteiger partial charge in [0.2, 0.25) is 5.91 Å². The van der Waals surface area contributed by atoms with Gasteiger partial charge in [0.1, 0.15) is 6.54 Å². The molecule has 1 fully saturated rings. The van der Waals surface area contributed by atoms with E-state index in [1.165, 1.54) is 35.2 Å². The van der Waals surface area contributed by atoms with Crippen LogP contribution in [-0.4, -0.2) is 28.2 Å². The highest BCUT2D eigenvalue weighted by Gasteiger charge is 2.25. The molecule has 2 rings (SSSR count). The molecule has 5 nitrogen and oxygen atoms in total. The van der Waals surface area contributed by atoms with Crippen LogP contribution in [0.3, 0.4) is 0 Å². The van der Waals surface area contributed by atoms with E-state index in [4.69, 9.17) is 0 Å². The number of nitrogens with one attached hydrogen (secondary N) is 1. The maximum absolute atomic E-state index is 12.3. The zero-order chi connectivity index (χ0) is 16.1. The number of aryl methyl sites for hydroxylation is 1. The zero-order valence-electron chi connectivity index (χ0n) is 13.4. The Kier molecular flexibility index (Phi) is 6.20. The van der Waals surface area contributed by atoms with Crippen molar-refractivity contribution in [3.05, 3.63) is 20.2 Å². The number of aromatic nitrogens is 1. The van der Waals surface area contributed by atoms with Crippen molar-refractivity contribution in [2.75, 3.05) is 6.61 Å². The van der Waals surface area contributed by atoms with Crippen molar-refractivity contribution in [3.8, 4) is 0 Å². The van der Waals surface area contributed by atoms with Crippen LogP contribution in [-0.2, 0) is 11.3 Å². The molecule has 0 spiro atoms. The minimum Gasteiger partial charge on any atom is -0.396 e. The molecule has 0 saturated heterocycles. The fourth-order valence-corrected chi connectivity index (χ4v) is 4.10. The van der Waals surface area contributed by atoms with Crippen molar-refractivity contribution in [1.82, 2.24) is 9.88 Å². The second kappa shape index (κ2) is 7.92. The number of thiazole rings is 1. The first-order chi connectivity index (χ1) is 10.5. The number of nitrogens with zero attached hydrogens (tertiary/aromatic N) is 1. The number of hydrogen-bond acceptors (Lipinski definition) is 4. The van der Waals surface area contributed by atoms with Crippen molar-refractivity contribution < 1.29 is 9.90 Å². The molecule has 0 aromatic carbocycles. The molecular formula is C16H26N2O3S. The molecule has 1 unspecified atom stereocenters.